The SMILES string of the molecule is COC(=O)C[C@@H](O)c1cc(OC)ccc1Br. The van der Waals surface area contributed by atoms with Crippen LogP contribution in [0, 0.1) is 0 Å². The Morgan fingerprint density at radius 2 is 2.19 bits per heavy atom. The lowest BCUT2D eigenvalue weighted by atomic mass is 10.1. The van der Waals surface area contributed by atoms with Gasteiger partial charge in [0.25, 0.3) is 0 Å². The zero-order valence-corrected chi connectivity index (χ0v) is 10.7. The van der Waals surface area contributed by atoms with Crippen molar-refractivity contribution in [3.8, 4) is 5.75 Å². The van der Waals surface area contributed by atoms with E-state index in [9.17, 15) is 9.90 Å². The summed E-state index contributed by atoms with van der Waals surface area (Å²) in [7, 11) is 2.83. The first-order valence-corrected chi connectivity index (χ1v) is 5.46. The molecule has 1 aromatic carbocycles. The van der Waals surface area contributed by atoms with Crippen molar-refractivity contribution in [3.05, 3.63) is 28.2 Å². The minimum atomic E-state index is -0.906. The van der Waals surface area contributed by atoms with Gasteiger partial charge >= 0.3 is 5.97 Å². The van der Waals surface area contributed by atoms with E-state index in [2.05, 4.69) is 20.7 Å². The minimum Gasteiger partial charge on any atom is -0.497 e. The second kappa shape index (κ2) is 5.86. The summed E-state index contributed by atoms with van der Waals surface area (Å²) in [5.41, 5.74) is 0.602. The first-order chi connectivity index (χ1) is 7.58. The summed E-state index contributed by atoms with van der Waals surface area (Å²) in [6.45, 7) is 0. The second-order valence-corrected chi connectivity index (χ2v) is 4.04. The molecule has 0 aliphatic heterocycles. The van der Waals surface area contributed by atoms with Crippen LogP contribution >= 0.6 is 15.9 Å². The second-order valence-electron chi connectivity index (χ2n) is 3.18. The molecular weight excluding hydrogens is 276 g/mol. The van der Waals surface area contributed by atoms with Gasteiger partial charge in [-0.15, -0.1) is 0 Å². The summed E-state index contributed by atoms with van der Waals surface area (Å²) in [4.78, 5) is 11.0. The van der Waals surface area contributed by atoms with Gasteiger partial charge in [-0.2, -0.15) is 0 Å². The Morgan fingerprint density at radius 3 is 2.75 bits per heavy atom. The molecular formula is C11H13BrO4. The average Bonchev–Trinajstić information content (AvgIpc) is 2.29. The van der Waals surface area contributed by atoms with Crippen molar-refractivity contribution < 1.29 is 19.4 Å². The number of halogens is 1. The molecule has 0 amide bonds. The van der Waals surface area contributed by atoms with Crippen LogP contribution in [0.3, 0.4) is 0 Å². The number of hydrogen-bond donors (Lipinski definition) is 1. The third kappa shape index (κ3) is 3.21. The van der Waals surface area contributed by atoms with Crippen molar-refractivity contribution >= 4 is 21.9 Å². The molecule has 1 aromatic rings. The molecule has 88 valence electrons. The monoisotopic (exact) mass is 288 g/mol. The Morgan fingerprint density at radius 1 is 1.50 bits per heavy atom. The molecule has 0 saturated carbocycles. The van der Waals surface area contributed by atoms with Crippen LogP contribution in [-0.2, 0) is 9.53 Å². The molecule has 1 atom stereocenters. The Hall–Kier alpha value is -1.07. The van der Waals surface area contributed by atoms with Gasteiger partial charge in [0, 0.05) is 4.47 Å². The van der Waals surface area contributed by atoms with Gasteiger partial charge in [-0.3, -0.25) is 4.79 Å². The van der Waals surface area contributed by atoms with Crippen molar-refractivity contribution in [2.45, 2.75) is 12.5 Å². The van der Waals surface area contributed by atoms with Crippen LogP contribution in [0.25, 0.3) is 0 Å². The van der Waals surface area contributed by atoms with Gasteiger partial charge in [0.05, 0.1) is 26.7 Å². The molecule has 0 aliphatic carbocycles. The molecule has 1 N–H and O–H groups in total. The van der Waals surface area contributed by atoms with Crippen LogP contribution < -0.4 is 4.74 Å². The lowest BCUT2D eigenvalue weighted by Crippen LogP contribution is -2.08. The predicted molar refractivity (Wildman–Crippen MR) is 62.3 cm³/mol. The number of aliphatic hydroxyl groups is 1. The quantitative estimate of drug-likeness (QED) is 0.862. The topological polar surface area (TPSA) is 55.8 Å². The van der Waals surface area contributed by atoms with Crippen molar-refractivity contribution in [1.29, 1.82) is 0 Å². The fourth-order valence-corrected chi connectivity index (χ4v) is 1.77. The van der Waals surface area contributed by atoms with Crippen molar-refractivity contribution in [1.82, 2.24) is 0 Å². The molecule has 0 fully saturated rings. The molecule has 16 heavy (non-hydrogen) atoms. The standard InChI is InChI=1S/C11H13BrO4/c1-15-7-3-4-9(12)8(5-7)10(13)6-11(14)16-2/h3-5,10,13H,6H2,1-2H3/t10-/m1/s1. The molecule has 0 aliphatic rings. The fourth-order valence-electron chi connectivity index (χ4n) is 1.26. The van der Waals surface area contributed by atoms with Crippen molar-refractivity contribution in [2.24, 2.45) is 0 Å². The number of ether oxygens (including phenoxy) is 2. The van der Waals surface area contributed by atoms with E-state index in [0.29, 0.717) is 11.3 Å². The van der Waals surface area contributed by atoms with Gasteiger partial charge in [-0.25, -0.2) is 0 Å². The molecule has 5 heteroatoms. The predicted octanol–water partition coefficient (Wildman–Crippen LogP) is 2.05. The van der Waals surface area contributed by atoms with E-state index < -0.39 is 12.1 Å². The summed E-state index contributed by atoms with van der Waals surface area (Å²) < 4.78 is 10.3. The number of aliphatic hydroxyl groups excluding tert-OH is 1. The first kappa shape index (κ1) is 13.0. The Labute approximate surface area is 102 Å². The van der Waals surface area contributed by atoms with E-state index >= 15 is 0 Å². The summed E-state index contributed by atoms with van der Waals surface area (Å²) in [5, 5.41) is 9.84. The number of rotatable bonds is 4. The highest BCUT2D eigenvalue weighted by Gasteiger charge is 2.16. The van der Waals surface area contributed by atoms with Gasteiger partial charge in [0.1, 0.15) is 5.75 Å². The number of hydrogen-bond acceptors (Lipinski definition) is 4. The maximum absolute atomic E-state index is 11.0. The zero-order chi connectivity index (χ0) is 12.1. The van der Waals surface area contributed by atoms with Crippen LogP contribution in [0.4, 0.5) is 0 Å². The largest absolute Gasteiger partial charge is 0.497 e. The molecule has 1 rings (SSSR count). The van der Waals surface area contributed by atoms with E-state index in [0.717, 1.165) is 4.47 Å². The normalized spacial score (nSPS) is 12.0. The van der Waals surface area contributed by atoms with E-state index in [1.807, 2.05) is 0 Å². The van der Waals surface area contributed by atoms with Crippen molar-refractivity contribution in [2.75, 3.05) is 14.2 Å². The number of carbonyl (C=O) groups excluding carboxylic acids is 1. The zero-order valence-electron chi connectivity index (χ0n) is 9.07. The van der Waals surface area contributed by atoms with Crippen LogP contribution in [0.5, 0.6) is 5.75 Å². The maximum atomic E-state index is 11.0. The molecule has 0 aromatic heterocycles. The third-order valence-corrected chi connectivity index (χ3v) is 2.87. The fraction of sp³-hybridized carbons (Fsp3) is 0.364. The summed E-state index contributed by atoms with van der Waals surface area (Å²) in [5.74, 6) is 0.171. The Kier molecular flexibility index (Phi) is 4.76. The molecule has 0 heterocycles. The van der Waals surface area contributed by atoms with Crippen molar-refractivity contribution in [3.63, 3.8) is 0 Å². The van der Waals surface area contributed by atoms with Crippen LogP contribution in [0.15, 0.2) is 22.7 Å². The van der Waals surface area contributed by atoms with Crippen LogP contribution in [-0.4, -0.2) is 25.3 Å². The van der Waals surface area contributed by atoms with Gasteiger partial charge < -0.3 is 14.6 Å². The molecule has 0 radical (unpaired) electrons. The number of benzene rings is 1. The lowest BCUT2D eigenvalue weighted by Gasteiger charge is -2.12. The van der Waals surface area contributed by atoms with Crippen LogP contribution in [0.1, 0.15) is 18.1 Å². The number of methoxy groups -OCH3 is 2. The number of carbonyl (C=O) groups is 1. The highest BCUT2D eigenvalue weighted by molar-refractivity contribution is 9.10. The van der Waals surface area contributed by atoms with Gasteiger partial charge in [-0.1, -0.05) is 15.9 Å². The Balaban J connectivity index is 2.88. The summed E-state index contributed by atoms with van der Waals surface area (Å²) in [6, 6.07) is 5.20. The maximum Gasteiger partial charge on any atom is 0.308 e. The third-order valence-electron chi connectivity index (χ3n) is 2.15. The van der Waals surface area contributed by atoms with E-state index in [-0.39, 0.29) is 6.42 Å². The number of esters is 1. The van der Waals surface area contributed by atoms with Crippen LogP contribution in [0.2, 0.25) is 0 Å². The van der Waals surface area contributed by atoms with Gasteiger partial charge in [-0.05, 0) is 23.8 Å². The molecule has 0 unspecified atom stereocenters. The molecule has 0 spiro atoms. The lowest BCUT2D eigenvalue weighted by molar-refractivity contribution is -0.142. The van der Waals surface area contributed by atoms with E-state index in [4.69, 9.17) is 4.74 Å². The minimum absolute atomic E-state index is 0.0811. The molecule has 4 nitrogen and oxygen atoms in total. The molecule has 0 bridgehead atoms. The highest BCUT2D eigenvalue weighted by atomic mass is 79.9. The van der Waals surface area contributed by atoms with E-state index in [1.54, 1.807) is 25.3 Å². The summed E-state index contributed by atoms with van der Waals surface area (Å²) >= 11 is 3.30. The van der Waals surface area contributed by atoms with Gasteiger partial charge in [0.2, 0.25) is 0 Å². The van der Waals surface area contributed by atoms with E-state index in [1.165, 1.54) is 7.11 Å². The Bertz CT molecular complexity index is 378. The average molecular weight is 289 g/mol. The van der Waals surface area contributed by atoms with Gasteiger partial charge in [0.15, 0.2) is 0 Å². The molecule has 0 saturated heterocycles. The summed E-state index contributed by atoms with van der Waals surface area (Å²) in [6.07, 6.45) is -0.987. The first-order valence-electron chi connectivity index (χ1n) is 4.66. The smallest absolute Gasteiger partial charge is 0.308 e. The highest BCUT2D eigenvalue weighted by Crippen LogP contribution is 2.29.